The lowest BCUT2D eigenvalue weighted by Crippen LogP contribution is -2.33. The van der Waals surface area contributed by atoms with E-state index in [1.165, 1.54) is 18.6 Å². The molecule has 0 spiro atoms. The SMILES string of the molecule is CCSC1CCCN(C#N)C1. The molecule has 0 aromatic rings. The molecular formula is C8H14N2S. The van der Waals surface area contributed by atoms with Gasteiger partial charge >= 0.3 is 0 Å². The molecular weight excluding hydrogens is 156 g/mol. The van der Waals surface area contributed by atoms with Crippen molar-refractivity contribution in [1.82, 2.24) is 4.90 Å². The fraction of sp³-hybridized carbons (Fsp3) is 0.875. The molecule has 1 unspecified atom stereocenters. The van der Waals surface area contributed by atoms with E-state index < -0.39 is 0 Å². The van der Waals surface area contributed by atoms with Crippen molar-refractivity contribution in [3.8, 4) is 6.19 Å². The molecule has 0 amide bonds. The summed E-state index contributed by atoms with van der Waals surface area (Å²) in [4.78, 5) is 1.87. The van der Waals surface area contributed by atoms with Gasteiger partial charge in [-0.15, -0.1) is 0 Å². The quantitative estimate of drug-likeness (QED) is 0.590. The minimum atomic E-state index is 0.702. The lowest BCUT2D eigenvalue weighted by Gasteiger charge is -2.27. The summed E-state index contributed by atoms with van der Waals surface area (Å²) in [7, 11) is 0. The van der Waals surface area contributed by atoms with Gasteiger partial charge in [-0.25, -0.2) is 0 Å². The Hall–Kier alpha value is -0.360. The molecule has 0 saturated carbocycles. The van der Waals surface area contributed by atoms with Crippen molar-refractivity contribution < 1.29 is 0 Å². The highest BCUT2D eigenvalue weighted by Crippen LogP contribution is 2.21. The Morgan fingerprint density at radius 3 is 3.18 bits per heavy atom. The zero-order chi connectivity index (χ0) is 8.10. The highest BCUT2D eigenvalue weighted by Gasteiger charge is 2.17. The maximum absolute atomic E-state index is 8.64. The first-order valence-electron chi connectivity index (χ1n) is 4.13. The van der Waals surface area contributed by atoms with Crippen LogP contribution in [0.3, 0.4) is 0 Å². The van der Waals surface area contributed by atoms with Crippen molar-refractivity contribution in [1.29, 1.82) is 5.26 Å². The van der Waals surface area contributed by atoms with Gasteiger partial charge in [-0.3, -0.25) is 0 Å². The molecule has 1 aliphatic heterocycles. The number of rotatable bonds is 2. The summed E-state index contributed by atoms with van der Waals surface area (Å²) in [6.07, 6.45) is 4.69. The second-order valence-electron chi connectivity index (χ2n) is 2.77. The predicted molar refractivity (Wildman–Crippen MR) is 48.3 cm³/mol. The van der Waals surface area contributed by atoms with Crippen LogP contribution in [0.1, 0.15) is 19.8 Å². The Labute approximate surface area is 72.6 Å². The molecule has 62 valence electrons. The highest BCUT2D eigenvalue weighted by molar-refractivity contribution is 7.99. The predicted octanol–water partition coefficient (Wildman–Crippen LogP) is 1.68. The maximum Gasteiger partial charge on any atom is 0.179 e. The molecule has 1 atom stereocenters. The highest BCUT2D eigenvalue weighted by atomic mass is 32.2. The molecule has 0 N–H and O–H groups in total. The first-order chi connectivity index (χ1) is 5.36. The van der Waals surface area contributed by atoms with Gasteiger partial charge in [0.2, 0.25) is 0 Å². The fourth-order valence-corrected chi connectivity index (χ4v) is 2.49. The lowest BCUT2D eigenvalue weighted by molar-refractivity contribution is 0.329. The van der Waals surface area contributed by atoms with Crippen molar-refractivity contribution in [2.45, 2.75) is 25.0 Å². The molecule has 1 heterocycles. The largest absolute Gasteiger partial charge is 0.310 e. The zero-order valence-electron chi connectivity index (χ0n) is 6.92. The van der Waals surface area contributed by atoms with Crippen LogP contribution in [0, 0.1) is 11.5 Å². The van der Waals surface area contributed by atoms with Crippen molar-refractivity contribution >= 4 is 11.8 Å². The standard InChI is InChI=1S/C8H14N2S/c1-2-11-8-4-3-5-10(6-8)7-9/h8H,2-6H2,1H3. The van der Waals surface area contributed by atoms with Gasteiger partial charge in [-0.1, -0.05) is 6.92 Å². The molecule has 1 aliphatic rings. The number of hydrogen-bond donors (Lipinski definition) is 0. The van der Waals surface area contributed by atoms with Crippen LogP contribution in [0.5, 0.6) is 0 Å². The Kier molecular flexibility index (Phi) is 3.58. The van der Waals surface area contributed by atoms with Crippen LogP contribution < -0.4 is 0 Å². The minimum absolute atomic E-state index is 0.702. The molecule has 0 aromatic heterocycles. The monoisotopic (exact) mass is 170 g/mol. The smallest absolute Gasteiger partial charge is 0.179 e. The number of likely N-dealkylation sites (tertiary alicyclic amines) is 1. The average Bonchev–Trinajstić information content (AvgIpc) is 2.06. The number of nitrogens with zero attached hydrogens (tertiary/aromatic N) is 2. The van der Waals surface area contributed by atoms with E-state index >= 15 is 0 Å². The minimum Gasteiger partial charge on any atom is -0.310 e. The van der Waals surface area contributed by atoms with E-state index in [-0.39, 0.29) is 0 Å². The first kappa shape index (κ1) is 8.73. The van der Waals surface area contributed by atoms with Crippen LogP contribution >= 0.6 is 11.8 Å². The number of thioether (sulfide) groups is 1. The van der Waals surface area contributed by atoms with Gasteiger partial charge in [0.25, 0.3) is 0 Å². The van der Waals surface area contributed by atoms with Gasteiger partial charge in [0.05, 0.1) is 0 Å². The molecule has 3 heteroatoms. The average molecular weight is 170 g/mol. The number of piperidine rings is 1. The third kappa shape index (κ3) is 2.63. The van der Waals surface area contributed by atoms with Crippen molar-refractivity contribution in [3.05, 3.63) is 0 Å². The Bertz CT molecular complexity index is 151. The van der Waals surface area contributed by atoms with Crippen LogP contribution in [0.2, 0.25) is 0 Å². The first-order valence-corrected chi connectivity index (χ1v) is 5.18. The topological polar surface area (TPSA) is 27.0 Å². The summed E-state index contributed by atoms with van der Waals surface area (Å²) in [6.45, 7) is 4.11. The molecule has 0 aromatic carbocycles. The molecule has 0 bridgehead atoms. The van der Waals surface area contributed by atoms with E-state index in [1.807, 2.05) is 16.7 Å². The Balaban J connectivity index is 2.29. The van der Waals surface area contributed by atoms with Gasteiger partial charge < -0.3 is 4.90 Å². The van der Waals surface area contributed by atoms with Gasteiger partial charge in [0, 0.05) is 18.3 Å². The van der Waals surface area contributed by atoms with E-state index in [0.29, 0.717) is 5.25 Å². The number of nitriles is 1. The second-order valence-corrected chi connectivity index (χ2v) is 4.34. The summed E-state index contributed by atoms with van der Waals surface area (Å²) in [5.41, 5.74) is 0. The third-order valence-electron chi connectivity index (χ3n) is 1.92. The molecule has 2 nitrogen and oxygen atoms in total. The van der Waals surface area contributed by atoms with Crippen molar-refractivity contribution in [2.75, 3.05) is 18.8 Å². The molecule has 1 fully saturated rings. The normalized spacial score (nSPS) is 24.7. The summed E-state index contributed by atoms with van der Waals surface area (Å²) in [5.74, 6) is 1.17. The van der Waals surface area contributed by atoms with E-state index in [1.54, 1.807) is 0 Å². The van der Waals surface area contributed by atoms with E-state index in [9.17, 15) is 0 Å². The van der Waals surface area contributed by atoms with Crippen LogP contribution in [-0.4, -0.2) is 29.0 Å². The molecule has 0 aliphatic carbocycles. The van der Waals surface area contributed by atoms with Gasteiger partial charge in [0.15, 0.2) is 6.19 Å². The van der Waals surface area contributed by atoms with Gasteiger partial charge in [0.1, 0.15) is 0 Å². The van der Waals surface area contributed by atoms with Crippen LogP contribution in [-0.2, 0) is 0 Å². The Morgan fingerprint density at radius 1 is 1.73 bits per heavy atom. The van der Waals surface area contributed by atoms with Crippen molar-refractivity contribution in [2.24, 2.45) is 0 Å². The summed E-state index contributed by atoms with van der Waals surface area (Å²) >= 11 is 1.98. The van der Waals surface area contributed by atoms with Crippen LogP contribution in [0.15, 0.2) is 0 Å². The molecule has 1 rings (SSSR count). The second kappa shape index (κ2) is 4.50. The summed E-state index contributed by atoms with van der Waals surface area (Å²) in [5, 5.41) is 9.35. The zero-order valence-corrected chi connectivity index (χ0v) is 7.73. The molecule has 0 radical (unpaired) electrons. The fourth-order valence-electron chi connectivity index (χ4n) is 1.40. The Morgan fingerprint density at radius 2 is 2.55 bits per heavy atom. The number of hydrogen-bond acceptors (Lipinski definition) is 3. The molecule has 11 heavy (non-hydrogen) atoms. The van der Waals surface area contributed by atoms with E-state index in [2.05, 4.69) is 13.1 Å². The van der Waals surface area contributed by atoms with Gasteiger partial charge in [-0.2, -0.15) is 17.0 Å². The lowest BCUT2D eigenvalue weighted by atomic mass is 10.1. The summed E-state index contributed by atoms with van der Waals surface area (Å²) < 4.78 is 0. The maximum atomic E-state index is 8.64. The van der Waals surface area contributed by atoms with E-state index in [0.717, 1.165) is 13.1 Å². The van der Waals surface area contributed by atoms with Crippen LogP contribution in [0.4, 0.5) is 0 Å². The van der Waals surface area contributed by atoms with Gasteiger partial charge in [-0.05, 0) is 18.6 Å². The van der Waals surface area contributed by atoms with Crippen LogP contribution in [0.25, 0.3) is 0 Å². The van der Waals surface area contributed by atoms with Crippen molar-refractivity contribution in [3.63, 3.8) is 0 Å². The molecule has 1 saturated heterocycles. The third-order valence-corrected chi connectivity index (χ3v) is 3.11. The summed E-state index contributed by atoms with van der Waals surface area (Å²) in [6, 6.07) is 0. The van der Waals surface area contributed by atoms with E-state index in [4.69, 9.17) is 5.26 Å².